The molecule has 0 amide bonds. The van der Waals surface area contributed by atoms with Crippen LogP contribution in [-0.4, -0.2) is 11.8 Å². The summed E-state index contributed by atoms with van der Waals surface area (Å²) in [6, 6.07) is 75.0. The highest BCUT2D eigenvalue weighted by Gasteiger charge is 2.44. The molecule has 0 saturated heterocycles. The lowest BCUT2D eigenvalue weighted by Crippen LogP contribution is -2.41. The molecule has 343 valence electrons. The van der Waals surface area contributed by atoms with Gasteiger partial charge >= 0.3 is 0 Å². The summed E-state index contributed by atoms with van der Waals surface area (Å²) in [5.41, 5.74) is 24.9. The maximum absolute atomic E-state index is 4.13. The molecule has 4 aliphatic rings. The first kappa shape index (κ1) is 41.5. The van der Waals surface area contributed by atoms with Crippen LogP contribution in [0.25, 0.3) is 49.4 Å². The van der Waals surface area contributed by atoms with Crippen molar-refractivity contribution in [2.75, 3.05) is 15.1 Å². The Morgan fingerprint density at radius 2 is 1.01 bits per heavy atom. The monoisotopic (exact) mass is 923 g/mol. The third-order valence-electron chi connectivity index (χ3n) is 17.1. The van der Waals surface area contributed by atoms with E-state index in [2.05, 4.69) is 269 Å². The molecule has 0 bridgehead atoms. The molecule has 4 nitrogen and oxygen atoms in total. The van der Waals surface area contributed by atoms with Crippen molar-refractivity contribution in [2.24, 2.45) is 0 Å². The van der Waals surface area contributed by atoms with Gasteiger partial charge in [0.1, 0.15) is 0 Å². The summed E-state index contributed by atoms with van der Waals surface area (Å²) in [4.78, 5) is 5.06. The summed E-state index contributed by atoms with van der Waals surface area (Å²) in [5.74, 6) is 0. The van der Waals surface area contributed by atoms with Gasteiger partial charge in [-0.25, -0.2) is 0 Å². The predicted molar refractivity (Wildman–Crippen MR) is 304 cm³/mol. The van der Waals surface area contributed by atoms with E-state index in [1.165, 1.54) is 105 Å². The Kier molecular flexibility index (Phi) is 8.31. The molecule has 1 aromatic heterocycles. The highest BCUT2D eigenvalue weighted by molar-refractivity contribution is 6.74. The number of para-hydroxylation sites is 6. The minimum atomic E-state index is -0.345. The van der Waals surface area contributed by atoms with Gasteiger partial charge in [0.15, 0.2) is 7.28 Å². The molecular formula is C67H52BN4. The van der Waals surface area contributed by atoms with E-state index in [9.17, 15) is 0 Å². The summed E-state index contributed by atoms with van der Waals surface area (Å²) in [6.45, 7) is 14.5. The Hall–Kier alpha value is -8.28. The number of nitrogens with one attached hydrogen (secondary N) is 1. The van der Waals surface area contributed by atoms with Crippen molar-refractivity contribution < 1.29 is 0 Å². The molecule has 0 atom stereocenters. The van der Waals surface area contributed by atoms with Crippen LogP contribution < -0.4 is 26.0 Å². The molecule has 11 aromatic rings. The van der Waals surface area contributed by atoms with Gasteiger partial charge in [0.25, 0.3) is 0 Å². The lowest BCUT2D eigenvalue weighted by molar-refractivity contribution is 0.632. The molecule has 1 N–H and O–H groups in total. The van der Waals surface area contributed by atoms with Crippen LogP contribution in [0.15, 0.2) is 200 Å². The Labute approximate surface area is 422 Å². The smallest absolute Gasteiger partial charge is 0.197 e. The SMILES string of the molecule is CC1(C)c2ccccc2N(c2cc(-c3cc(N(c4ccccc4)c4ccccc4)cc4c3Nc3ccccc3C4(C)C)c3c4c2c2c5ccccc5cc5c2n4-c2c(cccc2C5(C)C)[B]3)c2ccccc21. The Bertz CT molecular complexity index is 4050. The van der Waals surface area contributed by atoms with Crippen LogP contribution in [0.5, 0.6) is 0 Å². The second-order valence-corrected chi connectivity index (χ2v) is 22.0. The summed E-state index contributed by atoms with van der Waals surface area (Å²) in [6.07, 6.45) is 0. The van der Waals surface area contributed by atoms with Crippen molar-refractivity contribution in [1.82, 2.24) is 4.57 Å². The van der Waals surface area contributed by atoms with Gasteiger partial charge in [-0.15, -0.1) is 0 Å². The van der Waals surface area contributed by atoms with Gasteiger partial charge in [-0.1, -0.05) is 180 Å². The van der Waals surface area contributed by atoms with Gasteiger partial charge in [-0.2, -0.15) is 0 Å². The number of hydrogen-bond donors (Lipinski definition) is 1. The third kappa shape index (κ3) is 5.38. The molecule has 0 spiro atoms. The first-order chi connectivity index (χ1) is 35.0. The Morgan fingerprint density at radius 3 is 1.72 bits per heavy atom. The van der Waals surface area contributed by atoms with E-state index >= 15 is 0 Å². The second kappa shape index (κ2) is 14.4. The summed E-state index contributed by atoms with van der Waals surface area (Å²) in [7, 11) is 2.52. The fourth-order valence-corrected chi connectivity index (χ4v) is 13.6. The van der Waals surface area contributed by atoms with Crippen LogP contribution in [0, 0.1) is 0 Å². The third-order valence-corrected chi connectivity index (χ3v) is 17.1. The van der Waals surface area contributed by atoms with Crippen molar-refractivity contribution in [3.05, 3.63) is 234 Å². The molecule has 0 unspecified atom stereocenters. The zero-order chi connectivity index (χ0) is 48.4. The maximum Gasteiger partial charge on any atom is 0.197 e. The van der Waals surface area contributed by atoms with E-state index in [-0.39, 0.29) is 16.2 Å². The fourth-order valence-electron chi connectivity index (χ4n) is 13.6. The first-order valence-electron chi connectivity index (χ1n) is 25.5. The Balaban J connectivity index is 1.16. The van der Waals surface area contributed by atoms with Gasteiger partial charge in [-0.3, -0.25) is 0 Å². The standard InChI is InChI=1S/C67H52BN4/c1-65(2)47-28-15-18-33-54(47)69-61-46(37-43(38-51(61)65)70(41-23-9-7-10-24-41)42-25-11-8-12-26-42)45-39-57(71-55-34-19-16-29-48(55)66(3,4)49-30-17-20-35-56(49)71)59-58-44-27-14-13-22-40(44)36-52-63(58)72-62-50(67(52,5)6)31-21-32-53(62)68-60(45)64(59)72/h7-39,69H,1-6H3. The normalized spacial score (nSPS) is 15.6. The zero-order valence-electron chi connectivity index (χ0n) is 41.5. The van der Waals surface area contributed by atoms with Crippen LogP contribution >= 0.6 is 0 Å². The fraction of sp³-hybridized carbons (Fsp3) is 0.134. The van der Waals surface area contributed by atoms with E-state index < -0.39 is 0 Å². The molecular weight excluding hydrogens is 872 g/mol. The number of aromatic nitrogens is 1. The average molecular weight is 924 g/mol. The van der Waals surface area contributed by atoms with Crippen LogP contribution in [-0.2, 0) is 16.2 Å². The molecule has 72 heavy (non-hydrogen) atoms. The molecule has 4 aliphatic heterocycles. The largest absolute Gasteiger partial charge is 0.355 e. The van der Waals surface area contributed by atoms with Gasteiger partial charge in [-0.05, 0) is 122 Å². The van der Waals surface area contributed by atoms with Gasteiger partial charge < -0.3 is 19.7 Å². The molecule has 5 heteroatoms. The molecule has 15 rings (SSSR count). The summed E-state index contributed by atoms with van der Waals surface area (Å²) >= 11 is 0. The lowest BCUT2D eigenvalue weighted by Gasteiger charge is -2.43. The molecule has 1 radical (unpaired) electrons. The van der Waals surface area contributed by atoms with Crippen molar-refractivity contribution in [3.8, 4) is 16.8 Å². The van der Waals surface area contributed by atoms with Crippen LogP contribution in [0.1, 0.15) is 74.9 Å². The molecule has 0 aliphatic carbocycles. The van der Waals surface area contributed by atoms with Crippen LogP contribution in [0.3, 0.4) is 0 Å². The van der Waals surface area contributed by atoms with E-state index in [1.54, 1.807) is 0 Å². The topological polar surface area (TPSA) is 23.4 Å². The highest BCUT2D eigenvalue weighted by atomic mass is 15.2. The number of hydrogen-bond acceptors (Lipinski definition) is 3. The molecule has 10 aromatic carbocycles. The van der Waals surface area contributed by atoms with E-state index in [4.69, 9.17) is 0 Å². The maximum atomic E-state index is 4.13. The number of benzene rings is 10. The molecule has 5 heterocycles. The van der Waals surface area contributed by atoms with E-state index in [1.807, 2.05) is 0 Å². The lowest BCUT2D eigenvalue weighted by atomic mass is 9.57. The van der Waals surface area contributed by atoms with Gasteiger partial charge in [0.2, 0.25) is 0 Å². The van der Waals surface area contributed by atoms with Crippen LogP contribution in [0.2, 0.25) is 0 Å². The quantitative estimate of drug-likeness (QED) is 0.174. The van der Waals surface area contributed by atoms with Crippen LogP contribution in [0.4, 0.5) is 45.5 Å². The summed E-state index contributed by atoms with van der Waals surface area (Å²) in [5, 5.41) is 9.26. The predicted octanol–water partition coefficient (Wildman–Crippen LogP) is 16.2. The highest BCUT2D eigenvalue weighted by Crippen LogP contribution is 2.59. The minimum Gasteiger partial charge on any atom is -0.355 e. The second-order valence-electron chi connectivity index (χ2n) is 22.0. The number of anilines is 8. The number of fused-ring (bicyclic) bond motifs is 7. The zero-order valence-corrected chi connectivity index (χ0v) is 41.5. The van der Waals surface area contributed by atoms with Crippen molar-refractivity contribution in [3.63, 3.8) is 0 Å². The summed E-state index contributed by atoms with van der Waals surface area (Å²) < 4.78 is 2.69. The van der Waals surface area contributed by atoms with E-state index in [0.717, 1.165) is 34.0 Å². The average Bonchev–Trinajstić information content (AvgIpc) is 3.77. The molecule has 0 saturated carbocycles. The van der Waals surface area contributed by atoms with Crippen molar-refractivity contribution in [1.29, 1.82) is 0 Å². The molecule has 0 fully saturated rings. The number of rotatable bonds is 5. The first-order valence-corrected chi connectivity index (χ1v) is 25.5. The number of nitrogens with zero attached hydrogens (tertiary/aromatic N) is 3. The van der Waals surface area contributed by atoms with E-state index in [0.29, 0.717) is 0 Å². The minimum absolute atomic E-state index is 0.228. The Morgan fingerprint density at radius 1 is 0.431 bits per heavy atom. The van der Waals surface area contributed by atoms with Gasteiger partial charge in [0, 0.05) is 61.0 Å². The van der Waals surface area contributed by atoms with Crippen molar-refractivity contribution in [2.45, 2.75) is 57.8 Å². The van der Waals surface area contributed by atoms with Gasteiger partial charge in [0.05, 0.1) is 33.8 Å². The van der Waals surface area contributed by atoms with Crippen molar-refractivity contribution >= 4 is 96.3 Å².